The third kappa shape index (κ3) is 6.35. The highest BCUT2D eigenvalue weighted by Crippen LogP contribution is 2.13. The topological polar surface area (TPSA) is 92.5 Å². The van der Waals surface area contributed by atoms with Gasteiger partial charge in [0.2, 0.25) is 5.91 Å². The summed E-state index contributed by atoms with van der Waals surface area (Å²) >= 11 is 0. The van der Waals surface area contributed by atoms with Crippen molar-refractivity contribution in [1.82, 2.24) is 5.32 Å². The van der Waals surface area contributed by atoms with E-state index in [1.807, 2.05) is 0 Å². The van der Waals surface area contributed by atoms with Gasteiger partial charge in [-0.05, 0) is 24.3 Å². The molecule has 21 heavy (non-hydrogen) atoms. The summed E-state index contributed by atoms with van der Waals surface area (Å²) in [5.41, 5.74) is 0.761. The lowest BCUT2D eigenvalue weighted by molar-refractivity contribution is -0.384. The molecule has 0 aliphatic heterocycles. The Kier molecular flexibility index (Phi) is 7.39. The molecule has 0 spiro atoms. The number of carbonyl (C=O) groups is 1. The van der Waals surface area contributed by atoms with Gasteiger partial charge in [0.25, 0.3) is 5.69 Å². The van der Waals surface area contributed by atoms with Crippen LogP contribution >= 0.6 is 0 Å². The maximum absolute atomic E-state index is 11.8. The van der Waals surface area contributed by atoms with E-state index in [1.165, 1.54) is 12.1 Å². The molecule has 6 heteroatoms. The standard InChI is InChI=1S/C15H22N2O4/c1-2-3-13(8-9-18)11-16-15(19)10-12-4-6-14(7-5-12)17(20)21/h4-7,13,18H,2-3,8-11H2,1H3,(H,16,19). The van der Waals surface area contributed by atoms with Crippen molar-refractivity contribution in [2.24, 2.45) is 5.92 Å². The van der Waals surface area contributed by atoms with Crippen LogP contribution in [0.25, 0.3) is 0 Å². The molecule has 116 valence electrons. The van der Waals surface area contributed by atoms with Crippen molar-refractivity contribution in [2.75, 3.05) is 13.2 Å². The molecule has 1 atom stereocenters. The monoisotopic (exact) mass is 294 g/mol. The number of benzene rings is 1. The lowest BCUT2D eigenvalue weighted by Crippen LogP contribution is -2.30. The lowest BCUT2D eigenvalue weighted by atomic mass is 10.00. The van der Waals surface area contributed by atoms with Gasteiger partial charge < -0.3 is 10.4 Å². The van der Waals surface area contributed by atoms with Crippen molar-refractivity contribution in [2.45, 2.75) is 32.6 Å². The second-order valence-corrected chi connectivity index (χ2v) is 5.07. The highest BCUT2D eigenvalue weighted by Gasteiger charge is 2.11. The molecule has 6 nitrogen and oxygen atoms in total. The lowest BCUT2D eigenvalue weighted by Gasteiger charge is -2.15. The molecule has 0 aliphatic rings. The third-order valence-electron chi connectivity index (χ3n) is 3.33. The fourth-order valence-corrected chi connectivity index (χ4v) is 2.18. The van der Waals surface area contributed by atoms with Crippen LogP contribution in [0.2, 0.25) is 0 Å². The van der Waals surface area contributed by atoms with Crippen molar-refractivity contribution >= 4 is 11.6 Å². The van der Waals surface area contributed by atoms with Crippen LogP contribution in [0, 0.1) is 16.0 Å². The summed E-state index contributed by atoms with van der Waals surface area (Å²) in [4.78, 5) is 21.9. The highest BCUT2D eigenvalue weighted by molar-refractivity contribution is 5.78. The number of aliphatic hydroxyl groups excluding tert-OH is 1. The van der Waals surface area contributed by atoms with Gasteiger partial charge in [-0.25, -0.2) is 0 Å². The molecule has 1 aromatic carbocycles. The molecule has 0 aromatic heterocycles. The summed E-state index contributed by atoms with van der Waals surface area (Å²) < 4.78 is 0. The van der Waals surface area contributed by atoms with Crippen LogP contribution in [-0.4, -0.2) is 29.1 Å². The predicted molar refractivity (Wildman–Crippen MR) is 79.9 cm³/mol. The summed E-state index contributed by atoms with van der Waals surface area (Å²) in [5, 5.41) is 22.4. The zero-order chi connectivity index (χ0) is 15.7. The van der Waals surface area contributed by atoms with Gasteiger partial charge in [-0.2, -0.15) is 0 Å². The van der Waals surface area contributed by atoms with Gasteiger partial charge in [-0.3, -0.25) is 14.9 Å². The molecule has 0 saturated carbocycles. The number of nitro benzene ring substituents is 1. The van der Waals surface area contributed by atoms with E-state index in [9.17, 15) is 14.9 Å². The minimum Gasteiger partial charge on any atom is -0.396 e. The van der Waals surface area contributed by atoms with E-state index in [4.69, 9.17) is 5.11 Å². The summed E-state index contributed by atoms with van der Waals surface area (Å²) in [6.07, 6.45) is 2.88. The van der Waals surface area contributed by atoms with Crippen LogP contribution in [-0.2, 0) is 11.2 Å². The van der Waals surface area contributed by atoms with E-state index in [-0.39, 0.29) is 24.6 Å². The first-order valence-electron chi connectivity index (χ1n) is 7.17. The zero-order valence-electron chi connectivity index (χ0n) is 12.2. The molecule has 0 saturated heterocycles. The fraction of sp³-hybridized carbons (Fsp3) is 0.533. The summed E-state index contributed by atoms with van der Waals surface area (Å²) in [7, 11) is 0. The van der Waals surface area contributed by atoms with Gasteiger partial charge in [0.05, 0.1) is 11.3 Å². The number of carbonyl (C=O) groups excluding carboxylic acids is 1. The normalized spacial score (nSPS) is 11.9. The van der Waals surface area contributed by atoms with Gasteiger partial charge in [-0.15, -0.1) is 0 Å². The van der Waals surface area contributed by atoms with E-state index in [1.54, 1.807) is 12.1 Å². The average molecular weight is 294 g/mol. The van der Waals surface area contributed by atoms with Crippen LogP contribution in [0.5, 0.6) is 0 Å². The molecule has 1 amide bonds. The maximum Gasteiger partial charge on any atom is 0.269 e. The number of nitrogens with one attached hydrogen (secondary N) is 1. The van der Waals surface area contributed by atoms with E-state index >= 15 is 0 Å². The first-order chi connectivity index (χ1) is 10.1. The number of non-ortho nitro benzene ring substituents is 1. The van der Waals surface area contributed by atoms with Crippen LogP contribution in [0.15, 0.2) is 24.3 Å². The third-order valence-corrected chi connectivity index (χ3v) is 3.33. The SMILES string of the molecule is CCCC(CCO)CNC(=O)Cc1ccc([N+](=O)[O-])cc1. The first kappa shape index (κ1) is 17.1. The van der Waals surface area contributed by atoms with Crippen LogP contribution in [0.3, 0.4) is 0 Å². The molecule has 1 aromatic rings. The van der Waals surface area contributed by atoms with Crippen molar-refractivity contribution in [3.63, 3.8) is 0 Å². The van der Waals surface area contributed by atoms with Gasteiger partial charge in [0, 0.05) is 25.3 Å². The Morgan fingerprint density at radius 2 is 2.00 bits per heavy atom. The Morgan fingerprint density at radius 3 is 2.52 bits per heavy atom. The Hall–Kier alpha value is -1.95. The molecule has 1 unspecified atom stereocenters. The molecule has 0 heterocycles. The second kappa shape index (κ2) is 9.07. The summed E-state index contributed by atoms with van der Waals surface area (Å²) in [6.45, 7) is 2.76. The molecule has 0 fully saturated rings. The van der Waals surface area contributed by atoms with Crippen molar-refractivity contribution < 1.29 is 14.8 Å². The van der Waals surface area contributed by atoms with E-state index in [0.29, 0.717) is 18.9 Å². The number of nitrogens with zero attached hydrogens (tertiary/aromatic N) is 1. The van der Waals surface area contributed by atoms with Gasteiger partial charge in [-0.1, -0.05) is 25.5 Å². The second-order valence-electron chi connectivity index (χ2n) is 5.07. The van der Waals surface area contributed by atoms with Crippen molar-refractivity contribution in [3.05, 3.63) is 39.9 Å². The number of hydrogen-bond donors (Lipinski definition) is 2. The van der Waals surface area contributed by atoms with Gasteiger partial charge in [0.1, 0.15) is 0 Å². The molecule has 0 radical (unpaired) electrons. The molecule has 2 N–H and O–H groups in total. The number of aliphatic hydroxyl groups is 1. The number of amides is 1. The minimum atomic E-state index is -0.464. The summed E-state index contributed by atoms with van der Waals surface area (Å²) in [5.74, 6) is 0.184. The molecular weight excluding hydrogens is 272 g/mol. The number of hydrogen-bond acceptors (Lipinski definition) is 4. The van der Waals surface area contributed by atoms with Gasteiger partial charge >= 0.3 is 0 Å². The van der Waals surface area contributed by atoms with E-state index in [0.717, 1.165) is 18.4 Å². The van der Waals surface area contributed by atoms with Crippen molar-refractivity contribution in [3.8, 4) is 0 Å². The van der Waals surface area contributed by atoms with Gasteiger partial charge in [0.15, 0.2) is 0 Å². The molecule has 0 bridgehead atoms. The largest absolute Gasteiger partial charge is 0.396 e. The molecule has 0 aliphatic carbocycles. The Morgan fingerprint density at radius 1 is 1.33 bits per heavy atom. The van der Waals surface area contributed by atoms with E-state index in [2.05, 4.69) is 12.2 Å². The van der Waals surface area contributed by atoms with Crippen LogP contribution in [0.1, 0.15) is 31.7 Å². The minimum absolute atomic E-state index is 0.0186. The Bertz CT molecular complexity index is 453. The van der Waals surface area contributed by atoms with Crippen molar-refractivity contribution in [1.29, 1.82) is 0 Å². The number of nitro groups is 1. The molecule has 1 rings (SSSR count). The quantitative estimate of drug-likeness (QED) is 0.538. The Balaban J connectivity index is 2.43. The van der Waals surface area contributed by atoms with Crippen LogP contribution in [0.4, 0.5) is 5.69 Å². The number of rotatable bonds is 9. The van der Waals surface area contributed by atoms with Crippen LogP contribution < -0.4 is 5.32 Å². The van der Waals surface area contributed by atoms with E-state index < -0.39 is 4.92 Å². The predicted octanol–water partition coefficient (Wildman–Crippen LogP) is 2.05. The zero-order valence-corrected chi connectivity index (χ0v) is 12.2. The smallest absolute Gasteiger partial charge is 0.269 e. The Labute approximate surface area is 124 Å². The maximum atomic E-state index is 11.8. The fourth-order valence-electron chi connectivity index (χ4n) is 2.18. The first-order valence-corrected chi connectivity index (χ1v) is 7.17. The molecular formula is C15H22N2O4. The highest BCUT2D eigenvalue weighted by atomic mass is 16.6. The summed E-state index contributed by atoms with van der Waals surface area (Å²) in [6, 6.07) is 5.98. The average Bonchev–Trinajstić information content (AvgIpc) is 2.46.